The molecule has 1 saturated heterocycles. The minimum atomic E-state index is -2.86. The largest absolute Gasteiger partial charge is 0.491 e. The minimum Gasteiger partial charge on any atom is -0.491 e. The van der Waals surface area contributed by atoms with E-state index in [1.807, 2.05) is 38.1 Å². The molecular weight excluding hydrogens is 688 g/mol. The first-order valence-electron chi connectivity index (χ1n) is 16.2. The lowest BCUT2D eigenvalue weighted by Crippen LogP contribution is -2.41. The summed E-state index contributed by atoms with van der Waals surface area (Å²) in [6.07, 6.45) is 1.33. The number of benzene rings is 2. The van der Waals surface area contributed by atoms with Crippen LogP contribution in [0.2, 0.25) is 0 Å². The summed E-state index contributed by atoms with van der Waals surface area (Å²) in [5.74, 6) is -2.65. The molecule has 2 aromatic carbocycles. The van der Waals surface area contributed by atoms with Crippen LogP contribution in [-0.4, -0.2) is 91.7 Å². The Morgan fingerprint density at radius 2 is 1.62 bits per heavy atom. The molecule has 1 unspecified atom stereocenters. The number of carbonyl (C=O) groups excluding carboxylic acids is 4. The first-order chi connectivity index (χ1) is 24.4. The van der Waals surface area contributed by atoms with Gasteiger partial charge in [-0.15, -0.1) is 4.91 Å². The fourth-order valence-electron chi connectivity index (χ4n) is 3.77. The highest BCUT2D eigenvalue weighted by Crippen LogP contribution is 2.31. The van der Waals surface area contributed by atoms with Crippen molar-refractivity contribution in [3.63, 3.8) is 0 Å². The maximum absolute atomic E-state index is 13.2. The lowest BCUT2D eigenvalue weighted by molar-refractivity contribution is -0.123. The van der Waals surface area contributed by atoms with Crippen molar-refractivity contribution in [2.45, 2.75) is 91.5 Å². The highest BCUT2D eigenvalue weighted by Gasteiger charge is 2.44. The van der Waals surface area contributed by atoms with E-state index < -0.39 is 36.6 Å². The molecule has 0 aromatic heterocycles. The molecule has 0 saturated carbocycles. The highest BCUT2D eigenvalue weighted by molar-refractivity contribution is 5.82. The number of anilines is 1. The molecule has 292 valence electrons. The molecule has 1 heterocycles. The third kappa shape index (κ3) is 25.7. The van der Waals surface area contributed by atoms with Crippen LogP contribution in [0.5, 0.6) is 5.75 Å². The van der Waals surface area contributed by atoms with Crippen LogP contribution in [0.3, 0.4) is 0 Å². The SMILES string of the molecule is CC(C)NC(=O)CNC(=O)OC(C)(C)C.CCC.COCc1ccc(NC=O)cc1.O=CN1CC(F)(F)CC1COc1ccc(N=O)cc1.O=CO. The summed E-state index contributed by atoms with van der Waals surface area (Å²) in [5, 5.41) is 17.2. The zero-order chi connectivity index (χ0) is 40.2. The average molecular weight is 742 g/mol. The van der Waals surface area contributed by atoms with Gasteiger partial charge in [0.15, 0.2) is 0 Å². The third-order valence-corrected chi connectivity index (χ3v) is 5.67. The van der Waals surface area contributed by atoms with Gasteiger partial charge in [-0.3, -0.25) is 19.2 Å². The number of nitroso groups, excluding NO2 is 1. The second-order valence-electron chi connectivity index (χ2n) is 12.2. The van der Waals surface area contributed by atoms with Gasteiger partial charge >= 0.3 is 6.09 Å². The van der Waals surface area contributed by atoms with Crippen LogP contribution in [0.4, 0.5) is 25.0 Å². The predicted octanol–water partition coefficient (Wildman–Crippen LogP) is 5.88. The molecule has 1 aliphatic rings. The maximum Gasteiger partial charge on any atom is 0.408 e. The second-order valence-corrected chi connectivity index (χ2v) is 12.2. The van der Waals surface area contributed by atoms with E-state index in [1.165, 1.54) is 30.7 Å². The van der Waals surface area contributed by atoms with Crippen LogP contribution in [0, 0.1) is 4.91 Å². The quantitative estimate of drug-likeness (QED) is 0.150. The number of methoxy groups -OCH3 is 1. The predicted molar refractivity (Wildman–Crippen MR) is 193 cm³/mol. The molecule has 4 N–H and O–H groups in total. The standard InChI is InChI=1S/C12H12F2N2O3.C10H20N2O3.C9H11NO2.C3H8.CH2O2/c13-12(14)5-10(16(7-12)8-17)6-19-11-3-1-9(15-18)2-4-11;1-7(2)12-8(13)6-11-9(14)15-10(3,4)5;1-12-6-8-2-4-9(5-3-8)10-7-11;1-3-2;2-1-3/h1-4,8,10H,5-7H2;7H,6H2,1-5H3,(H,11,14)(H,12,13);2-5,7H,6H2,1H3,(H,10,11);3H2,1-2H3;1H,(H,2,3). The van der Waals surface area contributed by atoms with E-state index in [0.717, 1.165) is 16.2 Å². The number of likely N-dealkylation sites (tertiary alicyclic amines) is 1. The molecule has 4 amide bonds. The van der Waals surface area contributed by atoms with Crippen LogP contribution in [-0.2, 0) is 35.3 Å². The Bertz CT molecular complexity index is 1310. The zero-order valence-electron chi connectivity index (χ0n) is 31.0. The van der Waals surface area contributed by atoms with Gasteiger partial charge in [0.25, 0.3) is 12.4 Å². The van der Waals surface area contributed by atoms with E-state index >= 15 is 0 Å². The number of hydrogen-bond donors (Lipinski definition) is 4. The van der Waals surface area contributed by atoms with Crippen molar-refractivity contribution in [1.29, 1.82) is 0 Å². The van der Waals surface area contributed by atoms with E-state index in [9.17, 15) is 32.9 Å². The second kappa shape index (κ2) is 27.5. The van der Waals surface area contributed by atoms with Gasteiger partial charge in [-0.1, -0.05) is 32.4 Å². The van der Waals surface area contributed by atoms with E-state index in [1.54, 1.807) is 27.9 Å². The summed E-state index contributed by atoms with van der Waals surface area (Å²) >= 11 is 0. The number of carboxylic acid groups (broad SMARTS) is 1. The van der Waals surface area contributed by atoms with Gasteiger partial charge in [-0.05, 0) is 81.8 Å². The van der Waals surface area contributed by atoms with Crippen LogP contribution >= 0.6 is 0 Å². The molecule has 1 atom stereocenters. The Morgan fingerprint density at radius 3 is 2.06 bits per heavy atom. The number of rotatable bonds is 12. The van der Waals surface area contributed by atoms with Gasteiger partial charge in [0, 0.05) is 25.3 Å². The van der Waals surface area contributed by atoms with Crippen LogP contribution in [0.1, 0.15) is 66.9 Å². The number of alkyl halides is 2. The number of nitrogens with zero attached hydrogens (tertiary/aromatic N) is 2. The normalized spacial score (nSPS) is 13.7. The van der Waals surface area contributed by atoms with E-state index in [0.29, 0.717) is 25.2 Å². The number of halogens is 2. The summed E-state index contributed by atoms with van der Waals surface area (Å²) in [5.41, 5.74) is 1.60. The molecule has 0 radical (unpaired) electrons. The topological polar surface area (TPSA) is 202 Å². The minimum absolute atomic E-state index is 0.0117. The smallest absolute Gasteiger partial charge is 0.408 e. The van der Waals surface area contributed by atoms with Gasteiger partial charge in [0.1, 0.15) is 30.2 Å². The summed E-state index contributed by atoms with van der Waals surface area (Å²) < 4.78 is 41.5. The fourth-order valence-corrected chi connectivity index (χ4v) is 3.77. The molecule has 1 aliphatic heterocycles. The summed E-state index contributed by atoms with van der Waals surface area (Å²) in [6.45, 7) is 13.0. The van der Waals surface area contributed by atoms with Gasteiger partial charge < -0.3 is 40.2 Å². The molecule has 17 heteroatoms. The molecule has 0 aliphatic carbocycles. The number of alkyl carbamates (subject to hydrolysis) is 1. The summed E-state index contributed by atoms with van der Waals surface area (Å²) in [4.78, 5) is 62.6. The van der Waals surface area contributed by atoms with Crippen LogP contribution in [0.15, 0.2) is 53.7 Å². The third-order valence-electron chi connectivity index (χ3n) is 5.67. The molecule has 3 rings (SSSR count). The van der Waals surface area contributed by atoms with Crippen molar-refractivity contribution in [2.75, 3.05) is 32.1 Å². The monoisotopic (exact) mass is 741 g/mol. The number of amides is 4. The van der Waals surface area contributed by atoms with E-state index in [-0.39, 0.29) is 37.3 Å². The Kier molecular flexibility index (Phi) is 25.9. The first-order valence-corrected chi connectivity index (χ1v) is 16.2. The van der Waals surface area contributed by atoms with Gasteiger partial charge in [0.05, 0.1) is 19.2 Å². The molecule has 0 spiro atoms. The number of carbonyl (C=O) groups is 5. The van der Waals surface area contributed by atoms with Crippen LogP contribution in [0.25, 0.3) is 0 Å². The average Bonchev–Trinajstić information content (AvgIpc) is 3.38. The van der Waals surface area contributed by atoms with Gasteiger partial charge in [-0.25, -0.2) is 13.6 Å². The molecule has 1 fully saturated rings. The highest BCUT2D eigenvalue weighted by atomic mass is 19.3. The van der Waals surface area contributed by atoms with Crippen molar-refractivity contribution in [3.05, 3.63) is 59.0 Å². The molecule has 2 aromatic rings. The van der Waals surface area contributed by atoms with Crippen molar-refractivity contribution in [1.82, 2.24) is 15.5 Å². The molecule has 52 heavy (non-hydrogen) atoms. The van der Waals surface area contributed by atoms with E-state index in [4.69, 9.17) is 24.1 Å². The fraction of sp³-hybridized carbons (Fsp3) is 0.514. The molecule has 0 bridgehead atoms. The Labute approximate surface area is 303 Å². The Balaban J connectivity index is 0. The number of hydrogen-bond acceptors (Lipinski definition) is 10. The van der Waals surface area contributed by atoms with Crippen molar-refractivity contribution >= 4 is 42.7 Å². The van der Waals surface area contributed by atoms with Crippen molar-refractivity contribution in [2.24, 2.45) is 5.18 Å². The van der Waals surface area contributed by atoms with Crippen LogP contribution < -0.4 is 20.7 Å². The number of ether oxygens (including phenoxy) is 3. The Hall–Kier alpha value is -5.19. The first kappa shape index (κ1) is 48.9. The van der Waals surface area contributed by atoms with Crippen molar-refractivity contribution < 1.29 is 52.1 Å². The Morgan fingerprint density at radius 1 is 1.06 bits per heavy atom. The molecular formula is C35H53F2N5O10. The molecule has 15 nitrogen and oxygen atoms in total. The zero-order valence-corrected chi connectivity index (χ0v) is 31.0. The maximum atomic E-state index is 13.2. The lowest BCUT2D eigenvalue weighted by atomic mass is 10.2. The number of nitrogens with one attached hydrogen (secondary N) is 3. The van der Waals surface area contributed by atoms with Gasteiger partial charge in [0.2, 0.25) is 18.7 Å². The van der Waals surface area contributed by atoms with E-state index in [2.05, 4.69) is 35.0 Å². The summed E-state index contributed by atoms with van der Waals surface area (Å²) in [7, 11) is 1.65. The van der Waals surface area contributed by atoms with Gasteiger partial charge in [-0.2, -0.15) is 0 Å². The lowest BCUT2D eigenvalue weighted by Gasteiger charge is -2.19. The summed E-state index contributed by atoms with van der Waals surface area (Å²) in [6, 6.07) is 12.9. The van der Waals surface area contributed by atoms with Crippen molar-refractivity contribution in [3.8, 4) is 5.75 Å².